The zero-order valence-corrected chi connectivity index (χ0v) is 14.7. The van der Waals surface area contributed by atoms with Crippen molar-refractivity contribution in [2.45, 2.75) is 32.1 Å². The van der Waals surface area contributed by atoms with Crippen molar-refractivity contribution in [3.8, 4) is 0 Å². The summed E-state index contributed by atoms with van der Waals surface area (Å²) in [6, 6.07) is 12.8. The minimum atomic E-state index is -0.515. The Morgan fingerprint density at radius 3 is 2.44 bits per heavy atom. The van der Waals surface area contributed by atoms with E-state index in [0.717, 1.165) is 12.8 Å². The van der Waals surface area contributed by atoms with Crippen LogP contribution in [0.15, 0.2) is 48.5 Å². The van der Waals surface area contributed by atoms with E-state index in [2.05, 4.69) is 0 Å². The Balaban J connectivity index is 1.81. The smallest absolute Gasteiger partial charge is 0.418 e. The van der Waals surface area contributed by atoms with Crippen LogP contribution < -0.4 is 4.90 Å². The average molecular weight is 362 g/mol. The molecule has 0 saturated heterocycles. The lowest BCUT2D eigenvalue weighted by Crippen LogP contribution is -2.29. The van der Waals surface area contributed by atoms with Crippen LogP contribution in [-0.2, 0) is 4.74 Å². The largest absolute Gasteiger partial charge is 0.449 e. The minimum Gasteiger partial charge on any atom is -0.449 e. The molecule has 0 aromatic heterocycles. The fourth-order valence-corrected chi connectivity index (χ4v) is 3.38. The Morgan fingerprint density at radius 1 is 1.08 bits per heavy atom. The third kappa shape index (κ3) is 4.73. The van der Waals surface area contributed by atoms with Crippen LogP contribution in [0.3, 0.4) is 0 Å². The number of hydrogen-bond donors (Lipinski definition) is 0. The molecule has 1 aliphatic carbocycles. The van der Waals surface area contributed by atoms with Gasteiger partial charge < -0.3 is 4.74 Å². The normalized spacial score (nSPS) is 15.0. The first-order valence-corrected chi connectivity index (χ1v) is 8.99. The number of ether oxygens (including phenoxy) is 1. The van der Waals surface area contributed by atoms with Crippen molar-refractivity contribution < 1.29 is 13.9 Å². The van der Waals surface area contributed by atoms with Gasteiger partial charge >= 0.3 is 6.09 Å². The lowest BCUT2D eigenvalue weighted by molar-refractivity contribution is 0.124. The van der Waals surface area contributed by atoms with Crippen LogP contribution >= 0.6 is 11.6 Å². The van der Waals surface area contributed by atoms with E-state index >= 15 is 0 Å². The predicted molar refractivity (Wildman–Crippen MR) is 97.9 cm³/mol. The summed E-state index contributed by atoms with van der Waals surface area (Å²) >= 11 is 6.06. The number of carbonyl (C=O) groups excluding carboxylic acids is 1. The Bertz CT molecular complexity index is 686. The number of rotatable bonds is 4. The summed E-state index contributed by atoms with van der Waals surface area (Å²) in [4.78, 5) is 14.1. The highest BCUT2D eigenvalue weighted by Gasteiger charge is 2.22. The average Bonchev–Trinajstić information content (AvgIpc) is 2.61. The summed E-state index contributed by atoms with van der Waals surface area (Å²) in [5.74, 6) is -0.00368. The van der Waals surface area contributed by atoms with Gasteiger partial charge in [0.25, 0.3) is 0 Å². The van der Waals surface area contributed by atoms with Crippen molar-refractivity contribution in [1.29, 1.82) is 0 Å². The summed E-state index contributed by atoms with van der Waals surface area (Å²) in [6.07, 6.45) is 5.28. The molecule has 0 atom stereocenters. The summed E-state index contributed by atoms with van der Waals surface area (Å²) < 4.78 is 19.2. The zero-order valence-electron chi connectivity index (χ0n) is 14.0. The van der Waals surface area contributed by atoms with E-state index in [-0.39, 0.29) is 0 Å². The molecule has 2 aromatic carbocycles. The van der Waals surface area contributed by atoms with Gasteiger partial charge in [0.05, 0.1) is 18.0 Å². The van der Waals surface area contributed by atoms with Gasteiger partial charge in [-0.15, -0.1) is 0 Å². The quantitative estimate of drug-likeness (QED) is 0.636. The van der Waals surface area contributed by atoms with E-state index in [1.54, 1.807) is 36.4 Å². The molecule has 0 spiro atoms. The van der Waals surface area contributed by atoms with Gasteiger partial charge in [0.2, 0.25) is 0 Å². The van der Waals surface area contributed by atoms with Gasteiger partial charge in [-0.05, 0) is 55.2 Å². The van der Waals surface area contributed by atoms with E-state index in [4.69, 9.17) is 16.3 Å². The lowest BCUT2D eigenvalue weighted by Gasteiger charge is -2.25. The maximum atomic E-state index is 13.7. The van der Waals surface area contributed by atoms with Gasteiger partial charge in [-0.1, -0.05) is 43.0 Å². The van der Waals surface area contributed by atoms with Crippen LogP contribution in [0.25, 0.3) is 0 Å². The van der Waals surface area contributed by atoms with Gasteiger partial charge in [-0.3, -0.25) is 0 Å². The summed E-state index contributed by atoms with van der Waals surface area (Å²) in [5.41, 5.74) is 0.961. The number of amides is 1. The maximum Gasteiger partial charge on any atom is 0.418 e. The molecule has 0 N–H and O–H groups in total. The maximum absolute atomic E-state index is 13.7. The number of benzene rings is 2. The molecule has 1 amide bonds. The highest BCUT2D eigenvalue weighted by molar-refractivity contribution is 6.31. The molecule has 2 aromatic rings. The van der Waals surface area contributed by atoms with Crippen LogP contribution in [-0.4, -0.2) is 12.7 Å². The van der Waals surface area contributed by atoms with Gasteiger partial charge in [0.1, 0.15) is 5.82 Å². The second kappa shape index (κ2) is 8.34. The zero-order chi connectivity index (χ0) is 17.6. The monoisotopic (exact) mass is 361 g/mol. The molecule has 0 unspecified atom stereocenters. The number of halogens is 2. The van der Waals surface area contributed by atoms with Crippen LogP contribution in [0.4, 0.5) is 20.6 Å². The van der Waals surface area contributed by atoms with E-state index in [9.17, 15) is 9.18 Å². The fourth-order valence-electron chi connectivity index (χ4n) is 3.20. The Labute approximate surface area is 152 Å². The molecule has 1 fully saturated rings. The van der Waals surface area contributed by atoms with Crippen molar-refractivity contribution in [1.82, 2.24) is 0 Å². The van der Waals surface area contributed by atoms with E-state index < -0.39 is 11.9 Å². The second-order valence-electron chi connectivity index (χ2n) is 6.38. The van der Waals surface area contributed by atoms with E-state index in [1.807, 2.05) is 0 Å². The topological polar surface area (TPSA) is 29.5 Å². The number of anilines is 2. The SMILES string of the molecule is O=C(OCC1CCCCC1)N(c1cccc(F)c1)c1cccc(Cl)c1. The van der Waals surface area contributed by atoms with Crippen LogP contribution in [0.2, 0.25) is 5.02 Å². The lowest BCUT2D eigenvalue weighted by atomic mass is 9.90. The Kier molecular flexibility index (Phi) is 5.92. The highest BCUT2D eigenvalue weighted by Crippen LogP contribution is 2.30. The molecular formula is C20H21ClFNO2. The minimum absolute atomic E-state index is 0.394. The standard InChI is InChI=1S/C20H21ClFNO2/c21-16-8-4-10-18(12-16)23(19-11-5-9-17(22)13-19)20(24)25-14-15-6-2-1-3-7-15/h4-5,8-13,15H,1-3,6-7,14H2. The van der Waals surface area contributed by atoms with Crippen molar-refractivity contribution >= 4 is 29.1 Å². The molecule has 0 bridgehead atoms. The molecule has 1 saturated carbocycles. The Hall–Kier alpha value is -2.07. The first-order chi connectivity index (χ1) is 12.1. The molecule has 5 heteroatoms. The number of carbonyl (C=O) groups is 1. The van der Waals surface area contributed by atoms with Crippen LogP contribution in [0, 0.1) is 11.7 Å². The first-order valence-electron chi connectivity index (χ1n) is 8.61. The summed E-state index contributed by atoms with van der Waals surface area (Å²) in [5, 5.41) is 0.499. The van der Waals surface area contributed by atoms with Crippen LogP contribution in [0.1, 0.15) is 32.1 Å². The Morgan fingerprint density at radius 2 is 1.76 bits per heavy atom. The van der Waals surface area contributed by atoms with Crippen molar-refractivity contribution in [2.75, 3.05) is 11.5 Å². The van der Waals surface area contributed by atoms with E-state index in [0.29, 0.717) is 28.9 Å². The van der Waals surface area contributed by atoms with Crippen molar-refractivity contribution in [2.24, 2.45) is 5.92 Å². The first kappa shape index (κ1) is 17.7. The highest BCUT2D eigenvalue weighted by atomic mass is 35.5. The third-order valence-electron chi connectivity index (χ3n) is 4.48. The van der Waals surface area contributed by atoms with Gasteiger partial charge in [-0.25, -0.2) is 14.1 Å². The van der Waals surface area contributed by atoms with Gasteiger partial charge in [0, 0.05) is 5.02 Å². The predicted octanol–water partition coefficient (Wildman–Crippen LogP) is 6.33. The van der Waals surface area contributed by atoms with Crippen LogP contribution in [0.5, 0.6) is 0 Å². The molecule has 3 nitrogen and oxygen atoms in total. The molecule has 0 radical (unpaired) electrons. The molecule has 132 valence electrons. The molecule has 3 rings (SSSR count). The van der Waals surface area contributed by atoms with E-state index in [1.165, 1.54) is 36.3 Å². The molecular weight excluding hydrogens is 341 g/mol. The molecule has 25 heavy (non-hydrogen) atoms. The third-order valence-corrected chi connectivity index (χ3v) is 4.72. The summed E-state index contributed by atoms with van der Waals surface area (Å²) in [6.45, 7) is 0.394. The van der Waals surface area contributed by atoms with Gasteiger partial charge in [-0.2, -0.15) is 0 Å². The number of hydrogen-bond acceptors (Lipinski definition) is 2. The summed E-state index contributed by atoms with van der Waals surface area (Å²) in [7, 11) is 0. The second-order valence-corrected chi connectivity index (χ2v) is 6.81. The molecule has 0 heterocycles. The van der Waals surface area contributed by atoms with Gasteiger partial charge in [0.15, 0.2) is 0 Å². The number of nitrogens with zero attached hydrogens (tertiary/aromatic N) is 1. The molecule has 1 aliphatic rings. The molecule has 0 aliphatic heterocycles. The van der Waals surface area contributed by atoms with Crippen molar-refractivity contribution in [3.63, 3.8) is 0 Å². The fraction of sp³-hybridized carbons (Fsp3) is 0.350. The van der Waals surface area contributed by atoms with Crippen molar-refractivity contribution in [3.05, 3.63) is 59.4 Å².